The number of rotatable bonds is 2. The zero-order chi connectivity index (χ0) is 15.8. The second-order valence-corrected chi connectivity index (χ2v) is 7.02. The smallest absolute Gasteiger partial charge is 0.274 e. The lowest BCUT2D eigenvalue weighted by Gasteiger charge is -2.18. The number of nitrogens with one attached hydrogen (secondary N) is 1. The van der Waals surface area contributed by atoms with Gasteiger partial charge in [-0.1, -0.05) is 0 Å². The van der Waals surface area contributed by atoms with Crippen LogP contribution >= 0.6 is 11.3 Å². The number of aryl methyl sites for hydroxylation is 2. The Hall–Kier alpha value is -2.41. The molecule has 4 rings (SSSR count). The number of hydrogen-bond donors (Lipinski definition) is 1. The number of H-pyrrole nitrogens is 1. The molecule has 23 heavy (non-hydrogen) atoms. The van der Waals surface area contributed by atoms with Gasteiger partial charge in [-0.3, -0.25) is 9.89 Å². The summed E-state index contributed by atoms with van der Waals surface area (Å²) in [6, 6.07) is 5.96. The topological polar surface area (TPSA) is 66.8 Å². The van der Waals surface area contributed by atoms with Crippen molar-refractivity contribution >= 4 is 17.2 Å². The average molecular weight is 327 g/mol. The molecule has 0 radical (unpaired) electrons. The highest BCUT2D eigenvalue weighted by Gasteiger charge is 2.22. The highest BCUT2D eigenvalue weighted by Crippen LogP contribution is 2.26. The van der Waals surface area contributed by atoms with E-state index in [4.69, 9.17) is 0 Å². The number of aromatic nitrogens is 4. The number of carbonyl (C=O) groups is 1. The van der Waals surface area contributed by atoms with Crippen molar-refractivity contribution in [1.29, 1.82) is 0 Å². The van der Waals surface area contributed by atoms with Gasteiger partial charge in [0, 0.05) is 24.2 Å². The summed E-state index contributed by atoms with van der Waals surface area (Å²) in [5.41, 5.74) is 2.44. The Morgan fingerprint density at radius 2 is 2.26 bits per heavy atom. The molecule has 0 fully saturated rings. The van der Waals surface area contributed by atoms with Crippen molar-refractivity contribution in [1.82, 2.24) is 24.6 Å². The molecule has 0 saturated carbocycles. The van der Waals surface area contributed by atoms with E-state index in [-0.39, 0.29) is 5.91 Å². The number of aromatic amines is 1. The molecule has 0 unspecified atom stereocenters. The van der Waals surface area contributed by atoms with Gasteiger partial charge in [-0.15, -0.1) is 11.3 Å². The second-order valence-electron chi connectivity index (χ2n) is 5.74. The van der Waals surface area contributed by atoms with Crippen LogP contribution in [0, 0.1) is 6.92 Å². The quantitative estimate of drug-likeness (QED) is 0.787. The van der Waals surface area contributed by atoms with Gasteiger partial charge in [-0.25, -0.2) is 4.98 Å². The Morgan fingerprint density at radius 1 is 1.35 bits per heavy atom. The van der Waals surface area contributed by atoms with Crippen molar-refractivity contribution in [3.8, 4) is 10.6 Å². The number of hydrogen-bond acceptors (Lipinski definition) is 4. The first-order chi connectivity index (χ1) is 11.2. The van der Waals surface area contributed by atoms with Crippen molar-refractivity contribution in [3.63, 3.8) is 0 Å². The van der Waals surface area contributed by atoms with E-state index in [1.807, 2.05) is 29.6 Å². The van der Waals surface area contributed by atoms with Crippen LogP contribution in [0.3, 0.4) is 0 Å². The summed E-state index contributed by atoms with van der Waals surface area (Å²) < 4.78 is 2.11. The minimum Gasteiger partial charge on any atom is -0.333 e. The number of fused-ring (bicyclic) bond motifs is 1. The Morgan fingerprint density at radius 3 is 3.09 bits per heavy atom. The van der Waals surface area contributed by atoms with Gasteiger partial charge < -0.3 is 9.47 Å². The lowest BCUT2D eigenvalue weighted by Crippen LogP contribution is -2.31. The molecule has 3 aromatic heterocycles. The lowest BCUT2D eigenvalue weighted by molar-refractivity contribution is 0.0739. The molecule has 1 aliphatic rings. The van der Waals surface area contributed by atoms with Crippen LogP contribution in [0.15, 0.2) is 30.7 Å². The first-order valence-electron chi connectivity index (χ1n) is 7.61. The van der Waals surface area contributed by atoms with E-state index in [0.717, 1.165) is 35.8 Å². The highest BCUT2D eigenvalue weighted by molar-refractivity contribution is 7.15. The summed E-state index contributed by atoms with van der Waals surface area (Å²) >= 11 is 1.69. The SMILES string of the molecule is Cc1ccc(-c2cc(C(=O)N3CCCn4cncc4C3)n[nH]2)s1. The molecule has 0 bridgehead atoms. The summed E-state index contributed by atoms with van der Waals surface area (Å²) in [5, 5.41) is 7.20. The largest absolute Gasteiger partial charge is 0.333 e. The van der Waals surface area contributed by atoms with Crippen LogP contribution in [0.4, 0.5) is 0 Å². The first-order valence-corrected chi connectivity index (χ1v) is 8.43. The van der Waals surface area contributed by atoms with Crippen molar-refractivity contribution in [3.05, 3.63) is 47.0 Å². The molecule has 0 aliphatic carbocycles. The number of nitrogens with zero attached hydrogens (tertiary/aromatic N) is 4. The van der Waals surface area contributed by atoms with E-state index in [1.165, 1.54) is 4.88 Å². The van der Waals surface area contributed by atoms with Crippen LogP contribution < -0.4 is 0 Å². The average Bonchev–Trinajstić information content (AvgIpc) is 3.25. The van der Waals surface area contributed by atoms with Gasteiger partial charge in [-0.2, -0.15) is 5.10 Å². The van der Waals surface area contributed by atoms with Crippen LogP contribution in [0.5, 0.6) is 0 Å². The number of carbonyl (C=O) groups excluding carboxylic acids is 1. The molecule has 6 nitrogen and oxygen atoms in total. The maximum absolute atomic E-state index is 12.8. The van der Waals surface area contributed by atoms with Gasteiger partial charge in [0.05, 0.1) is 29.1 Å². The van der Waals surface area contributed by atoms with E-state index in [1.54, 1.807) is 11.3 Å². The summed E-state index contributed by atoms with van der Waals surface area (Å²) in [4.78, 5) is 21.1. The Kier molecular flexibility index (Phi) is 3.49. The Labute approximate surface area is 137 Å². The van der Waals surface area contributed by atoms with Crippen molar-refractivity contribution in [2.75, 3.05) is 6.54 Å². The van der Waals surface area contributed by atoms with Crippen molar-refractivity contribution in [2.45, 2.75) is 26.4 Å². The van der Waals surface area contributed by atoms with Gasteiger partial charge in [0.2, 0.25) is 0 Å². The molecule has 4 heterocycles. The molecular weight excluding hydrogens is 310 g/mol. The molecule has 0 spiro atoms. The molecule has 1 aliphatic heterocycles. The molecule has 3 aromatic rings. The molecule has 1 N–H and O–H groups in total. The number of imidazole rings is 1. The summed E-state index contributed by atoms with van der Waals surface area (Å²) in [6.45, 7) is 4.29. The van der Waals surface area contributed by atoms with E-state index in [9.17, 15) is 4.79 Å². The minimum atomic E-state index is -0.0320. The third-order valence-electron chi connectivity index (χ3n) is 4.07. The first kappa shape index (κ1) is 14.2. The highest BCUT2D eigenvalue weighted by atomic mass is 32.1. The Bertz CT molecular complexity index is 846. The number of thiophene rings is 1. The zero-order valence-electron chi connectivity index (χ0n) is 12.8. The third kappa shape index (κ3) is 2.68. The van der Waals surface area contributed by atoms with Crippen LogP contribution in [-0.2, 0) is 13.1 Å². The standard InChI is InChI=1S/C16H17N5OS/c1-11-3-4-15(23-11)13-7-14(19-18-13)16(22)20-5-2-6-21-10-17-8-12(21)9-20/h3-4,7-8,10H,2,5-6,9H2,1H3,(H,18,19). The fraction of sp³-hybridized carbons (Fsp3) is 0.312. The van der Waals surface area contributed by atoms with E-state index in [2.05, 4.69) is 32.7 Å². The van der Waals surface area contributed by atoms with Gasteiger partial charge in [0.1, 0.15) is 0 Å². The van der Waals surface area contributed by atoms with Crippen LogP contribution in [0.2, 0.25) is 0 Å². The fourth-order valence-electron chi connectivity index (χ4n) is 2.86. The molecular formula is C16H17N5OS. The number of amides is 1. The van der Waals surface area contributed by atoms with Crippen LogP contribution in [0.25, 0.3) is 10.6 Å². The molecule has 7 heteroatoms. The zero-order valence-corrected chi connectivity index (χ0v) is 13.6. The van der Waals surface area contributed by atoms with E-state index < -0.39 is 0 Å². The fourth-order valence-corrected chi connectivity index (χ4v) is 3.69. The van der Waals surface area contributed by atoms with E-state index in [0.29, 0.717) is 12.2 Å². The molecule has 1 amide bonds. The van der Waals surface area contributed by atoms with Crippen molar-refractivity contribution < 1.29 is 4.79 Å². The van der Waals surface area contributed by atoms with Gasteiger partial charge >= 0.3 is 0 Å². The summed E-state index contributed by atoms with van der Waals surface area (Å²) in [5.74, 6) is -0.0320. The monoisotopic (exact) mass is 327 g/mol. The van der Waals surface area contributed by atoms with Gasteiger partial charge in [-0.05, 0) is 31.5 Å². The van der Waals surface area contributed by atoms with Crippen molar-refractivity contribution in [2.24, 2.45) is 0 Å². The Balaban J connectivity index is 1.56. The predicted octanol–water partition coefficient (Wildman–Crippen LogP) is 2.69. The normalized spacial score (nSPS) is 14.6. The maximum atomic E-state index is 12.8. The molecule has 0 aromatic carbocycles. The lowest BCUT2D eigenvalue weighted by atomic mass is 10.2. The van der Waals surface area contributed by atoms with Crippen LogP contribution in [0.1, 0.15) is 27.5 Å². The second kappa shape index (κ2) is 5.66. The van der Waals surface area contributed by atoms with Crippen LogP contribution in [-0.4, -0.2) is 37.1 Å². The third-order valence-corrected chi connectivity index (χ3v) is 5.10. The summed E-state index contributed by atoms with van der Waals surface area (Å²) in [6.07, 6.45) is 4.58. The predicted molar refractivity (Wildman–Crippen MR) is 88.2 cm³/mol. The summed E-state index contributed by atoms with van der Waals surface area (Å²) in [7, 11) is 0. The molecule has 0 saturated heterocycles. The van der Waals surface area contributed by atoms with E-state index >= 15 is 0 Å². The molecule has 118 valence electrons. The maximum Gasteiger partial charge on any atom is 0.274 e. The van der Waals surface area contributed by atoms with Gasteiger partial charge in [0.25, 0.3) is 5.91 Å². The van der Waals surface area contributed by atoms with Gasteiger partial charge in [0.15, 0.2) is 5.69 Å². The molecule has 0 atom stereocenters. The minimum absolute atomic E-state index is 0.0320.